The van der Waals surface area contributed by atoms with Crippen LogP contribution in [0.25, 0.3) is 0 Å². The summed E-state index contributed by atoms with van der Waals surface area (Å²) in [6.07, 6.45) is 2.03. The number of hydrogen-bond acceptors (Lipinski definition) is 3. The summed E-state index contributed by atoms with van der Waals surface area (Å²) in [7, 11) is -3.52. The van der Waals surface area contributed by atoms with Gasteiger partial charge in [-0.05, 0) is 36.6 Å². The minimum absolute atomic E-state index is 0.178. The second-order valence-electron chi connectivity index (χ2n) is 6.51. The number of rotatable bonds is 8. The van der Waals surface area contributed by atoms with Gasteiger partial charge in [-0.1, -0.05) is 55.8 Å². The molecule has 2 aromatic carbocycles. The van der Waals surface area contributed by atoms with Gasteiger partial charge in [-0.25, -0.2) is 8.42 Å². The van der Waals surface area contributed by atoms with Crippen molar-refractivity contribution in [2.75, 3.05) is 12.3 Å². The number of nitrogens with zero attached hydrogens (tertiary/aromatic N) is 1. The van der Waals surface area contributed by atoms with Crippen molar-refractivity contribution in [3.05, 3.63) is 65.7 Å². The Balaban J connectivity index is 1.90. The van der Waals surface area contributed by atoms with Gasteiger partial charge in [-0.3, -0.25) is 0 Å². The van der Waals surface area contributed by atoms with Gasteiger partial charge in [0.2, 0.25) is 10.0 Å². The van der Waals surface area contributed by atoms with E-state index in [1.54, 1.807) is 16.4 Å². The zero-order valence-corrected chi connectivity index (χ0v) is 16.4. The first kappa shape index (κ1) is 18.5. The summed E-state index contributed by atoms with van der Waals surface area (Å²) in [5, 5.41) is 0.417. The summed E-state index contributed by atoms with van der Waals surface area (Å²) in [6, 6.07) is 17.1. The zero-order chi connectivity index (χ0) is 17.9. The minimum atomic E-state index is -3.52. The van der Waals surface area contributed by atoms with E-state index in [0.717, 1.165) is 24.2 Å². The fourth-order valence-corrected chi connectivity index (χ4v) is 5.26. The molecule has 0 saturated carbocycles. The highest BCUT2D eigenvalue weighted by Crippen LogP contribution is 2.36. The molecule has 0 aliphatic carbocycles. The van der Waals surface area contributed by atoms with Crippen LogP contribution in [0.15, 0.2) is 59.5 Å². The summed E-state index contributed by atoms with van der Waals surface area (Å²) < 4.78 is 28.3. The Morgan fingerprint density at radius 2 is 1.76 bits per heavy atom. The van der Waals surface area contributed by atoms with Gasteiger partial charge in [-0.2, -0.15) is 16.1 Å². The molecule has 0 aromatic heterocycles. The van der Waals surface area contributed by atoms with Crippen LogP contribution >= 0.6 is 11.8 Å². The van der Waals surface area contributed by atoms with Gasteiger partial charge in [0.25, 0.3) is 0 Å². The highest BCUT2D eigenvalue weighted by Gasteiger charge is 2.35. The van der Waals surface area contributed by atoms with E-state index in [4.69, 9.17) is 0 Å². The van der Waals surface area contributed by atoms with E-state index in [2.05, 4.69) is 6.92 Å². The van der Waals surface area contributed by atoms with Crippen molar-refractivity contribution in [3.8, 4) is 0 Å². The maximum atomic E-state index is 13.3. The summed E-state index contributed by atoms with van der Waals surface area (Å²) in [6.45, 7) is 4.67. The molecule has 2 unspecified atom stereocenters. The maximum Gasteiger partial charge on any atom is 0.243 e. The van der Waals surface area contributed by atoms with Gasteiger partial charge in [0, 0.05) is 23.6 Å². The molecule has 25 heavy (non-hydrogen) atoms. The molecule has 0 bridgehead atoms. The third kappa shape index (κ3) is 4.46. The average molecular weight is 376 g/mol. The summed E-state index contributed by atoms with van der Waals surface area (Å²) >= 11 is 1.82. The van der Waals surface area contributed by atoms with Gasteiger partial charge >= 0.3 is 0 Å². The number of sulfonamides is 1. The molecular formula is C20H25NO2S2. The van der Waals surface area contributed by atoms with Gasteiger partial charge in [0.1, 0.15) is 0 Å². The lowest BCUT2D eigenvalue weighted by molar-refractivity contribution is 0.350. The lowest BCUT2D eigenvalue weighted by Gasteiger charge is -2.28. The van der Waals surface area contributed by atoms with Crippen LogP contribution in [0.2, 0.25) is 0 Å². The normalized spacial score (nSPS) is 18.3. The fraction of sp³-hybridized carbons (Fsp3) is 0.400. The maximum absolute atomic E-state index is 13.3. The fourth-order valence-electron chi connectivity index (χ4n) is 2.99. The zero-order valence-electron chi connectivity index (χ0n) is 14.8. The Labute approximate surface area is 155 Å². The van der Waals surface area contributed by atoms with Crippen molar-refractivity contribution >= 4 is 21.8 Å². The molecule has 0 N–H and O–H groups in total. The number of hydrogen-bond donors (Lipinski definition) is 0. The van der Waals surface area contributed by atoms with E-state index in [-0.39, 0.29) is 6.04 Å². The van der Waals surface area contributed by atoms with E-state index in [0.29, 0.717) is 16.7 Å². The summed E-state index contributed by atoms with van der Waals surface area (Å²) in [5.41, 5.74) is 2.21. The highest BCUT2D eigenvalue weighted by molar-refractivity contribution is 8.07. The molecule has 1 aliphatic rings. The average Bonchev–Trinajstić information content (AvgIpc) is 3.45. The van der Waals surface area contributed by atoms with Crippen molar-refractivity contribution in [3.63, 3.8) is 0 Å². The number of benzene rings is 2. The van der Waals surface area contributed by atoms with Crippen LogP contribution in [0.4, 0.5) is 0 Å². The van der Waals surface area contributed by atoms with E-state index in [1.807, 2.05) is 61.2 Å². The smallest absolute Gasteiger partial charge is 0.207 e. The van der Waals surface area contributed by atoms with E-state index in [9.17, 15) is 8.42 Å². The molecular weight excluding hydrogens is 350 g/mol. The highest BCUT2D eigenvalue weighted by atomic mass is 32.2. The molecule has 2 atom stereocenters. The van der Waals surface area contributed by atoms with Gasteiger partial charge in [0.15, 0.2) is 0 Å². The lowest BCUT2D eigenvalue weighted by Crippen LogP contribution is -2.36. The molecule has 1 fully saturated rings. The van der Waals surface area contributed by atoms with Crippen LogP contribution in [0, 0.1) is 0 Å². The topological polar surface area (TPSA) is 37.4 Å². The molecule has 1 aliphatic heterocycles. The van der Waals surface area contributed by atoms with Gasteiger partial charge in [-0.15, -0.1) is 0 Å². The third-order valence-electron chi connectivity index (χ3n) is 4.57. The Morgan fingerprint density at radius 1 is 1.12 bits per heavy atom. The molecule has 3 rings (SSSR count). The summed E-state index contributed by atoms with van der Waals surface area (Å²) in [4.78, 5) is 0.390. The molecule has 0 spiro atoms. The van der Waals surface area contributed by atoms with E-state index in [1.165, 1.54) is 5.56 Å². The van der Waals surface area contributed by atoms with Crippen LogP contribution in [0.5, 0.6) is 0 Å². The van der Waals surface area contributed by atoms with Crippen LogP contribution in [0.1, 0.15) is 37.4 Å². The lowest BCUT2D eigenvalue weighted by atomic mass is 10.1. The molecule has 1 heterocycles. The van der Waals surface area contributed by atoms with Crippen LogP contribution < -0.4 is 0 Å². The van der Waals surface area contributed by atoms with E-state index >= 15 is 0 Å². The first-order chi connectivity index (χ1) is 12.0. The standard InChI is InChI=1S/C20H25NO2S2/c1-3-7-17-10-12-20(13-11-17)25(22,23)21(14-19-15-24-19)16(2)18-8-5-4-6-9-18/h4-6,8-13,16,19H,3,7,14-15H2,1-2H3. The molecule has 2 aromatic rings. The Kier molecular flexibility index (Phi) is 5.87. The monoisotopic (exact) mass is 375 g/mol. The first-order valence-electron chi connectivity index (χ1n) is 8.79. The van der Waals surface area contributed by atoms with Crippen LogP contribution in [-0.2, 0) is 16.4 Å². The Morgan fingerprint density at radius 3 is 2.32 bits per heavy atom. The SMILES string of the molecule is CCCc1ccc(S(=O)(=O)N(CC2CS2)C(C)c2ccccc2)cc1. The van der Waals surface area contributed by atoms with Crippen molar-refractivity contribution in [1.29, 1.82) is 0 Å². The van der Waals surface area contributed by atoms with Crippen LogP contribution in [-0.4, -0.2) is 30.3 Å². The van der Waals surface area contributed by atoms with Crippen molar-refractivity contribution < 1.29 is 8.42 Å². The largest absolute Gasteiger partial charge is 0.243 e. The molecule has 0 amide bonds. The second-order valence-corrected chi connectivity index (χ2v) is 9.73. The molecule has 1 saturated heterocycles. The van der Waals surface area contributed by atoms with E-state index < -0.39 is 10.0 Å². The van der Waals surface area contributed by atoms with Crippen molar-refractivity contribution in [2.24, 2.45) is 0 Å². The predicted molar refractivity (Wildman–Crippen MR) is 105 cm³/mol. The third-order valence-corrected chi connectivity index (χ3v) is 7.47. The first-order valence-corrected chi connectivity index (χ1v) is 11.3. The Hall–Kier alpha value is -1.30. The number of thioether (sulfide) groups is 1. The molecule has 134 valence electrons. The van der Waals surface area contributed by atoms with Crippen molar-refractivity contribution in [1.82, 2.24) is 4.31 Å². The molecule has 3 nitrogen and oxygen atoms in total. The predicted octanol–water partition coefficient (Wildman–Crippen LogP) is 4.51. The minimum Gasteiger partial charge on any atom is -0.207 e. The molecule has 0 radical (unpaired) electrons. The quantitative estimate of drug-likeness (QED) is 0.637. The van der Waals surface area contributed by atoms with Crippen molar-refractivity contribution in [2.45, 2.75) is 42.9 Å². The van der Waals surface area contributed by atoms with Gasteiger partial charge in [0.05, 0.1) is 4.90 Å². The van der Waals surface area contributed by atoms with Gasteiger partial charge < -0.3 is 0 Å². The molecule has 5 heteroatoms. The number of aryl methyl sites for hydroxylation is 1. The summed E-state index contributed by atoms with van der Waals surface area (Å²) in [5.74, 6) is 1.04. The second kappa shape index (κ2) is 7.94. The Bertz CT molecular complexity index is 784. The van der Waals surface area contributed by atoms with Crippen LogP contribution in [0.3, 0.4) is 0 Å².